The summed E-state index contributed by atoms with van der Waals surface area (Å²) >= 11 is 0. The van der Waals surface area contributed by atoms with Crippen molar-refractivity contribution >= 4 is 17.8 Å². The average Bonchev–Trinajstić information content (AvgIpc) is 2.60. The van der Waals surface area contributed by atoms with Gasteiger partial charge in [-0.15, -0.1) is 0 Å². The van der Waals surface area contributed by atoms with E-state index in [2.05, 4.69) is 17.2 Å². The molecule has 16 heavy (non-hydrogen) atoms. The molecule has 0 aromatic rings. The molecule has 1 unspecified atom stereocenters. The van der Waals surface area contributed by atoms with Crippen LogP contribution < -0.4 is 10.6 Å². The number of nitrogens with one attached hydrogen (secondary N) is 2. The number of rotatable bonds is 4. The standard InChI is InChI=1S/C10H14N2O4/c1-6(2)10(15)12-5-9(14)16-7-3-8(13)11-4-7/h7H,1,3-5H2,2H3,(H,11,13)(H,12,15). The van der Waals surface area contributed by atoms with E-state index in [0.29, 0.717) is 12.1 Å². The Hall–Kier alpha value is -1.85. The van der Waals surface area contributed by atoms with E-state index in [1.165, 1.54) is 0 Å². The average molecular weight is 226 g/mol. The molecule has 0 aromatic carbocycles. The highest BCUT2D eigenvalue weighted by Crippen LogP contribution is 2.04. The summed E-state index contributed by atoms with van der Waals surface area (Å²) in [5.41, 5.74) is 0.325. The minimum absolute atomic E-state index is 0.135. The highest BCUT2D eigenvalue weighted by molar-refractivity contribution is 5.94. The van der Waals surface area contributed by atoms with E-state index in [-0.39, 0.29) is 18.9 Å². The molecule has 1 aliphatic heterocycles. The van der Waals surface area contributed by atoms with E-state index in [1.54, 1.807) is 6.92 Å². The predicted molar refractivity (Wildman–Crippen MR) is 55.3 cm³/mol. The topological polar surface area (TPSA) is 84.5 Å². The summed E-state index contributed by atoms with van der Waals surface area (Å²) in [7, 11) is 0. The van der Waals surface area contributed by atoms with E-state index in [0.717, 1.165) is 0 Å². The Morgan fingerprint density at radius 2 is 2.31 bits per heavy atom. The molecule has 2 amide bonds. The molecule has 1 saturated heterocycles. The first-order valence-electron chi connectivity index (χ1n) is 4.89. The van der Waals surface area contributed by atoms with Crippen LogP contribution in [0.3, 0.4) is 0 Å². The molecule has 0 aliphatic carbocycles. The Bertz CT molecular complexity index is 338. The molecule has 6 heteroatoms. The van der Waals surface area contributed by atoms with Gasteiger partial charge in [-0.1, -0.05) is 6.58 Å². The molecule has 2 N–H and O–H groups in total. The van der Waals surface area contributed by atoms with Gasteiger partial charge < -0.3 is 15.4 Å². The first-order chi connectivity index (χ1) is 7.49. The molecule has 88 valence electrons. The monoisotopic (exact) mass is 226 g/mol. The molecule has 1 rings (SSSR count). The van der Waals surface area contributed by atoms with Gasteiger partial charge in [-0.3, -0.25) is 14.4 Å². The molecular weight excluding hydrogens is 212 g/mol. The second-order valence-electron chi connectivity index (χ2n) is 3.58. The molecule has 0 aromatic heterocycles. The zero-order valence-corrected chi connectivity index (χ0v) is 9.04. The Morgan fingerprint density at radius 1 is 1.62 bits per heavy atom. The fourth-order valence-electron chi connectivity index (χ4n) is 1.19. The molecule has 1 atom stereocenters. The van der Waals surface area contributed by atoms with Crippen molar-refractivity contribution in [2.24, 2.45) is 0 Å². The Kier molecular flexibility index (Phi) is 4.04. The SMILES string of the molecule is C=C(C)C(=O)NCC(=O)OC1CNC(=O)C1. The van der Waals surface area contributed by atoms with Crippen LogP contribution in [-0.4, -0.2) is 37.0 Å². The first kappa shape index (κ1) is 12.2. The van der Waals surface area contributed by atoms with Crippen LogP contribution in [0.2, 0.25) is 0 Å². The summed E-state index contributed by atoms with van der Waals surface area (Å²) in [6.45, 7) is 5.09. The van der Waals surface area contributed by atoms with Crippen LogP contribution in [-0.2, 0) is 19.1 Å². The molecular formula is C10H14N2O4. The van der Waals surface area contributed by atoms with E-state index >= 15 is 0 Å². The van der Waals surface area contributed by atoms with E-state index in [9.17, 15) is 14.4 Å². The summed E-state index contributed by atoms with van der Waals surface area (Å²) in [5.74, 6) is -1.09. The lowest BCUT2D eigenvalue weighted by Gasteiger charge is -2.10. The second-order valence-corrected chi connectivity index (χ2v) is 3.58. The van der Waals surface area contributed by atoms with Crippen molar-refractivity contribution in [3.8, 4) is 0 Å². The van der Waals surface area contributed by atoms with E-state index < -0.39 is 18.0 Å². The van der Waals surface area contributed by atoms with E-state index in [1.807, 2.05) is 0 Å². The molecule has 0 saturated carbocycles. The number of hydrogen-bond acceptors (Lipinski definition) is 4. The first-order valence-corrected chi connectivity index (χ1v) is 4.89. The number of ether oxygens (including phenoxy) is 1. The van der Waals surface area contributed by atoms with Crippen molar-refractivity contribution in [2.45, 2.75) is 19.4 Å². The third-order valence-corrected chi connectivity index (χ3v) is 2.02. The van der Waals surface area contributed by atoms with Gasteiger partial charge in [0.1, 0.15) is 12.6 Å². The summed E-state index contributed by atoms with van der Waals surface area (Å²) in [4.78, 5) is 33.1. The van der Waals surface area contributed by atoms with Crippen molar-refractivity contribution in [3.63, 3.8) is 0 Å². The lowest BCUT2D eigenvalue weighted by Crippen LogP contribution is -2.33. The van der Waals surface area contributed by atoms with Gasteiger partial charge >= 0.3 is 5.97 Å². The summed E-state index contributed by atoms with van der Waals surface area (Å²) in [5, 5.41) is 4.89. The summed E-state index contributed by atoms with van der Waals surface area (Å²) < 4.78 is 4.95. The van der Waals surface area contributed by atoms with Crippen LogP contribution >= 0.6 is 0 Å². The maximum Gasteiger partial charge on any atom is 0.325 e. The largest absolute Gasteiger partial charge is 0.459 e. The molecule has 1 heterocycles. The van der Waals surface area contributed by atoms with Gasteiger partial charge in [0.25, 0.3) is 0 Å². The van der Waals surface area contributed by atoms with Crippen LogP contribution in [0.25, 0.3) is 0 Å². The summed E-state index contributed by atoms with van der Waals surface area (Å²) in [6, 6.07) is 0. The molecule has 0 bridgehead atoms. The lowest BCUT2D eigenvalue weighted by molar-refractivity contribution is -0.148. The van der Waals surface area contributed by atoms with Crippen LogP contribution in [0.1, 0.15) is 13.3 Å². The number of hydrogen-bond donors (Lipinski definition) is 2. The van der Waals surface area contributed by atoms with E-state index in [4.69, 9.17) is 4.74 Å². The maximum atomic E-state index is 11.2. The van der Waals surface area contributed by atoms with Crippen molar-refractivity contribution in [3.05, 3.63) is 12.2 Å². The number of carbonyl (C=O) groups is 3. The van der Waals surface area contributed by atoms with Crippen LogP contribution in [0.15, 0.2) is 12.2 Å². The van der Waals surface area contributed by atoms with Crippen molar-refractivity contribution in [1.29, 1.82) is 0 Å². The zero-order valence-electron chi connectivity index (χ0n) is 9.04. The van der Waals surface area contributed by atoms with Crippen LogP contribution in [0.5, 0.6) is 0 Å². The number of carbonyl (C=O) groups excluding carboxylic acids is 3. The predicted octanol–water partition coefficient (Wildman–Crippen LogP) is -0.890. The maximum absolute atomic E-state index is 11.2. The van der Waals surface area contributed by atoms with Crippen LogP contribution in [0.4, 0.5) is 0 Å². The van der Waals surface area contributed by atoms with Gasteiger partial charge in [-0.2, -0.15) is 0 Å². The summed E-state index contributed by atoms with van der Waals surface area (Å²) in [6.07, 6.45) is -0.248. The number of amides is 2. The minimum atomic E-state index is -0.559. The van der Waals surface area contributed by atoms with Crippen LogP contribution in [0, 0.1) is 0 Å². The van der Waals surface area contributed by atoms with Gasteiger partial charge in [0.15, 0.2) is 0 Å². The van der Waals surface area contributed by atoms with Gasteiger partial charge in [0, 0.05) is 5.57 Å². The quantitative estimate of drug-likeness (QED) is 0.481. The zero-order chi connectivity index (χ0) is 12.1. The molecule has 1 fully saturated rings. The Morgan fingerprint density at radius 3 is 2.81 bits per heavy atom. The molecule has 1 aliphatic rings. The number of esters is 1. The van der Waals surface area contributed by atoms with Gasteiger partial charge in [0.2, 0.25) is 11.8 Å². The van der Waals surface area contributed by atoms with Crippen molar-refractivity contribution < 1.29 is 19.1 Å². The fraction of sp³-hybridized carbons (Fsp3) is 0.500. The second kappa shape index (κ2) is 5.29. The van der Waals surface area contributed by atoms with Gasteiger partial charge in [0.05, 0.1) is 13.0 Å². The third-order valence-electron chi connectivity index (χ3n) is 2.02. The fourth-order valence-corrected chi connectivity index (χ4v) is 1.19. The minimum Gasteiger partial charge on any atom is -0.459 e. The molecule has 6 nitrogen and oxygen atoms in total. The molecule has 0 spiro atoms. The lowest BCUT2D eigenvalue weighted by atomic mass is 10.3. The molecule has 0 radical (unpaired) electrons. The van der Waals surface area contributed by atoms with Crippen molar-refractivity contribution in [2.75, 3.05) is 13.1 Å². The Balaban J connectivity index is 2.23. The Labute approximate surface area is 93.0 Å². The van der Waals surface area contributed by atoms with Gasteiger partial charge in [-0.05, 0) is 6.92 Å². The highest BCUT2D eigenvalue weighted by Gasteiger charge is 2.24. The van der Waals surface area contributed by atoms with Crippen molar-refractivity contribution in [1.82, 2.24) is 10.6 Å². The third kappa shape index (κ3) is 3.72. The smallest absolute Gasteiger partial charge is 0.325 e. The normalized spacial score (nSPS) is 18.8. The highest BCUT2D eigenvalue weighted by atomic mass is 16.5. The van der Waals surface area contributed by atoms with Gasteiger partial charge in [-0.25, -0.2) is 0 Å².